The van der Waals surface area contributed by atoms with Crippen molar-refractivity contribution in [3.63, 3.8) is 0 Å². The Balaban J connectivity index is 1.38. The third-order valence-corrected chi connectivity index (χ3v) is 7.00. The maximum atomic E-state index is 14.2. The van der Waals surface area contributed by atoms with E-state index in [-0.39, 0.29) is 23.1 Å². The standard InChI is InChI=1S/C30H31F3N8O4/c1-3-26(42)36-21-6-4-19(5-7-21)8-9-34-16-20-14-24-28(40-10-12-45-13-11-40)38-27(39-41(24)18-20)22-17-35-25(37-29(43)44-2)15-23(22)30(31,32)33/h3-7,14-15,17-18,34H,1,8-13,16H2,2H3,(H,36,42)(H,35,37,43). The second kappa shape index (κ2) is 13.7. The number of benzene rings is 1. The third-order valence-electron chi connectivity index (χ3n) is 7.00. The number of hydrogen-bond donors (Lipinski definition) is 3. The molecule has 1 aliphatic heterocycles. The van der Waals surface area contributed by atoms with Crippen molar-refractivity contribution in [1.29, 1.82) is 0 Å². The van der Waals surface area contributed by atoms with Crippen molar-refractivity contribution in [2.75, 3.05) is 55.5 Å². The maximum Gasteiger partial charge on any atom is 0.417 e. The fraction of sp³-hybridized carbons (Fsp3) is 0.300. The summed E-state index contributed by atoms with van der Waals surface area (Å²) >= 11 is 0. The van der Waals surface area contributed by atoms with Gasteiger partial charge in [-0.25, -0.2) is 19.3 Å². The first-order valence-corrected chi connectivity index (χ1v) is 14.0. The number of morpholine rings is 1. The second-order valence-corrected chi connectivity index (χ2v) is 10.1. The first-order valence-electron chi connectivity index (χ1n) is 14.0. The minimum absolute atomic E-state index is 0.170. The van der Waals surface area contributed by atoms with Gasteiger partial charge in [0.05, 0.1) is 31.5 Å². The molecule has 3 aromatic heterocycles. The van der Waals surface area contributed by atoms with Crippen LogP contribution in [0, 0.1) is 0 Å². The maximum absolute atomic E-state index is 14.2. The van der Waals surface area contributed by atoms with Crippen molar-refractivity contribution in [2.45, 2.75) is 19.1 Å². The molecule has 2 amide bonds. The number of carbonyl (C=O) groups is 2. The third kappa shape index (κ3) is 7.74. The Bertz CT molecular complexity index is 1690. The predicted molar refractivity (Wildman–Crippen MR) is 161 cm³/mol. The van der Waals surface area contributed by atoms with Crippen LogP contribution in [0.15, 0.2) is 61.4 Å². The highest BCUT2D eigenvalue weighted by Gasteiger charge is 2.36. The van der Waals surface area contributed by atoms with E-state index in [0.29, 0.717) is 56.4 Å². The molecule has 3 N–H and O–H groups in total. The number of methoxy groups -OCH3 is 1. The number of nitrogens with zero attached hydrogens (tertiary/aromatic N) is 5. The number of aromatic nitrogens is 4. The van der Waals surface area contributed by atoms with Crippen LogP contribution in [0.3, 0.4) is 0 Å². The van der Waals surface area contributed by atoms with Crippen LogP contribution < -0.4 is 20.9 Å². The van der Waals surface area contributed by atoms with E-state index in [1.54, 1.807) is 6.20 Å². The number of halogens is 3. The van der Waals surface area contributed by atoms with Crippen LogP contribution in [0.25, 0.3) is 16.9 Å². The zero-order valence-electron chi connectivity index (χ0n) is 24.4. The van der Waals surface area contributed by atoms with Crippen molar-refractivity contribution in [3.05, 3.63) is 78.1 Å². The highest BCUT2D eigenvalue weighted by Crippen LogP contribution is 2.37. The second-order valence-electron chi connectivity index (χ2n) is 10.1. The number of alkyl halides is 3. The summed E-state index contributed by atoms with van der Waals surface area (Å²) in [5, 5.41) is 12.7. The number of hydrogen-bond acceptors (Lipinski definition) is 9. The van der Waals surface area contributed by atoms with E-state index in [1.807, 2.05) is 35.2 Å². The van der Waals surface area contributed by atoms with Gasteiger partial charge in [-0.1, -0.05) is 18.7 Å². The number of rotatable bonds is 10. The Morgan fingerprint density at radius 2 is 1.87 bits per heavy atom. The monoisotopic (exact) mass is 624 g/mol. The van der Waals surface area contributed by atoms with Gasteiger partial charge in [-0.15, -0.1) is 5.10 Å². The predicted octanol–water partition coefficient (Wildman–Crippen LogP) is 4.28. The van der Waals surface area contributed by atoms with Gasteiger partial charge in [0.15, 0.2) is 11.6 Å². The quantitative estimate of drug-likeness (QED) is 0.175. The van der Waals surface area contributed by atoms with Gasteiger partial charge in [-0.05, 0) is 54.4 Å². The van der Waals surface area contributed by atoms with Crippen LogP contribution in [-0.4, -0.2) is 71.5 Å². The van der Waals surface area contributed by atoms with E-state index < -0.39 is 17.8 Å². The number of fused-ring (bicyclic) bond motifs is 1. The van der Waals surface area contributed by atoms with Crippen LogP contribution >= 0.6 is 0 Å². The molecule has 12 nitrogen and oxygen atoms in total. The normalized spacial score (nSPS) is 13.5. The van der Waals surface area contributed by atoms with Crippen LogP contribution in [0.4, 0.5) is 35.3 Å². The van der Waals surface area contributed by atoms with Gasteiger partial charge in [-0.2, -0.15) is 13.2 Å². The molecule has 0 unspecified atom stereocenters. The van der Waals surface area contributed by atoms with Crippen LogP contribution in [-0.2, 0) is 33.4 Å². The Morgan fingerprint density at radius 3 is 2.56 bits per heavy atom. The van der Waals surface area contributed by atoms with Gasteiger partial charge in [0.1, 0.15) is 11.3 Å². The minimum Gasteiger partial charge on any atom is -0.453 e. The molecular formula is C30H31F3N8O4. The van der Waals surface area contributed by atoms with E-state index >= 15 is 0 Å². The summed E-state index contributed by atoms with van der Waals surface area (Å²) < 4.78 is 54.1. The molecule has 5 rings (SSSR count). The van der Waals surface area contributed by atoms with Gasteiger partial charge < -0.3 is 25.0 Å². The zero-order chi connectivity index (χ0) is 32.0. The van der Waals surface area contributed by atoms with Crippen molar-refractivity contribution in [1.82, 2.24) is 24.9 Å². The number of carbonyl (C=O) groups excluding carboxylic acids is 2. The molecular weight excluding hydrogens is 593 g/mol. The van der Waals surface area contributed by atoms with E-state index in [4.69, 9.17) is 4.74 Å². The Hall–Kier alpha value is -5.02. The number of pyridine rings is 1. The summed E-state index contributed by atoms with van der Waals surface area (Å²) in [6, 6.07) is 10.1. The molecule has 1 aromatic carbocycles. The fourth-order valence-electron chi connectivity index (χ4n) is 4.76. The molecule has 1 aliphatic rings. The highest BCUT2D eigenvalue weighted by molar-refractivity contribution is 5.98. The molecule has 236 valence electrons. The lowest BCUT2D eigenvalue weighted by molar-refractivity contribution is -0.137. The van der Waals surface area contributed by atoms with Gasteiger partial charge in [0.2, 0.25) is 5.91 Å². The molecule has 0 bridgehead atoms. The van der Waals surface area contributed by atoms with Crippen LogP contribution in [0.1, 0.15) is 16.7 Å². The highest BCUT2D eigenvalue weighted by atomic mass is 19.4. The van der Waals surface area contributed by atoms with Crippen molar-refractivity contribution < 1.29 is 32.2 Å². The Labute approximate surface area is 256 Å². The molecule has 0 radical (unpaired) electrons. The van der Waals surface area contributed by atoms with E-state index in [2.05, 4.69) is 42.3 Å². The van der Waals surface area contributed by atoms with Gasteiger partial charge in [-0.3, -0.25) is 10.1 Å². The molecule has 4 aromatic rings. The molecule has 0 aliphatic carbocycles. The average Bonchev–Trinajstić information content (AvgIpc) is 3.46. The lowest BCUT2D eigenvalue weighted by Crippen LogP contribution is -2.37. The molecule has 1 fully saturated rings. The number of anilines is 3. The van der Waals surface area contributed by atoms with Gasteiger partial charge >= 0.3 is 12.3 Å². The number of ether oxygens (including phenoxy) is 2. The first-order chi connectivity index (χ1) is 21.6. The SMILES string of the molecule is C=CC(=O)Nc1ccc(CCNCc2cc3c(N4CCOCC4)nc(-c4cnc(NC(=O)OC)cc4C(F)(F)F)nn3c2)cc1. The molecule has 0 atom stereocenters. The Morgan fingerprint density at radius 1 is 1.11 bits per heavy atom. The molecule has 45 heavy (non-hydrogen) atoms. The van der Waals surface area contributed by atoms with E-state index in [9.17, 15) is 22.8 Å². The van der Waals surface area contributed by atoms with Gasteiger partial charge in [0.25, 0.3) is 0 Å². The summed E-state index contributed by atoms with van der Waals surface area (Å²) in [6.45, 7) is 6.50. The van der Waals surface area contributed by atoms with Gasteiger partial charge in [0, 0.05) is 37.7 Å². The van der Waals surface area contributed by atoms with Crippen molar-refractivity contribution in [2.24, 2.45) is 0 Å². The van der Waals surface area contributed by atoms with Crippen LogP contribution in [0.5, 0.6) is 0 Å². The molecule has 4 heterocycles. The number of nitrogens with one attached hydrogen (secondary N) is 3. The zero-order valence-corrected chi connectivity index (χ0v) is 24.4. The largest absolute Gasteiger partial charge is 0.453 e. The summed E-state index contributed by atoms with van der Waals surface area (Å²) in [7, 11) is 1.10. The smallest absolute Gasteiger partial charge is 0.417 e. The first kappa shape index (κ1) is 31.4. The summed E-state index contributed by atoms with van der Waals surface area (Å²) in [4.78, 5) is 33.5. The van der Waals surface area contributed by atoms with E-state index in [1.165, 1.54) is 10.6 Å². The number of amides is 2. The lowest BCUT2D eigenvalue weighted by atomic mass is 10.1. The molecule has 0 spiro atoms. The summed E-state index contributed by atoms with van der Waals surface area (Å²) in [5.41, 5.74) is 1.87. The summed E-state index contributed by atoms with van der Waals surface area (Å²) in [6.07, 6.45) is -1.04. The van der Waals surface area contributed by atoms with Crippen LogP contribution in [0.2, 0.25) is 0 Å². The van der Waals surface area contributed by atoms with Crippen molar-refractivity contribution >= 4 is 34.8 Å². The van der Waals surface area contributed by atoms with Crippen molar-refractivity contribution in [3.8, 4) is 11.4 Å². The lowest BCUT2D eigenvalue weighted by Gasteiger charge is -2.28. The molecule has 0 saturated carbocycles. The van der Waals surface area contributed by atoms with E-state index in [0.717, 1.165) is 36.9 Å². The Kier molecular flexibility index (Phi) is 9.59. The summed E-state index contributed by atoms with van der Waals surface area (Å²) in [5.74, 6) is -0.294. The average molecular weight is 625 g/mol. The fourth-order valence-corrected chi connectivity index (χ4v) is 4.76. The molecule has 15 heteroatoms. The minimum atomic E-state index is -4.78. The molecule has 1 saturated heterocycles. The topological polar surface area (TPSA) is 135 Å².